The molecule has 0 saturated heterocycles. The number of nitrogens with zero attached hydrogens (tertiary/aromatic N) is 2. The average Bonchev–Trinajstić information content (AvgIpc) is 2.96. The summed E-state index contributed by atoms with van der Waals surface area (Å²) >= 11 is 0. The van der Waals surface area contributed by atoms with Crippen molar-refractivity contribution in [3.63, 3.8) is 0 Å². The van der Waals surface area contributed by atoms with E-state index >= 15 is 0 Å². The van der Waals surface area contributed by atoms with Gasteiger partial charge in [-0.1, -0.05) is 48.5 Å². The molecule has 0 fully saturated rings. The van der Waals surface area contributed by atoms with Crippen LogP contribution in [0.15, 0.2) is 54.6 Å². The molecule has 1 aliphatic rings. The number of carbonyl (C=O) groups excluding carboxylic acids is 1. The maximum atomic E-state index is 12.2. The van der Waals surface area contributed by atoms with Gasteiger partial charge in [-0.2, -0.15) is 0 Å². The van der Waals surface area contributed by atoms with E-state index in [1.807, 2.05) is 11.0 Å². The van der Waals surface area contributed by atoms with Gasteiger partial charge in [0.05, 0.1) is 0 Å². The Morgan fingerprint density at radius 3 is 2.64 bits per heavy atom. The average molecular weight is 334 g/mol. The quantitative estimate of drug-likeness (QED) is 0.734. The molecule has 4 rings (SSSR count). The van der Waals surface area contributed by atoms with Gasteiger partial charge < -0.3 is 14.2 Å². The van der Waals surface area contributed by atoms with Crippen molar-refractivity contribution in [2.75, 3.05) is 20.3 Å². The number of methoxy groups -OCH3 is 1. The Morgan fingerprint density at radius 2 is 1.84 bits per heavy atom. The minimum absolute atomic E-state index is 0.0630. The molecule has 0 unspecified atom stereocenters. The summed E-state index contributed by atoms with van der Waals surface area (Å²) in [6, 6.07) is 19.0. The molecule has 4 nitrogen and oxygen atoms in total. The molecule has 3 aromatic rings. The van der Waals surface area contributed by atoms with E-state index < -0.39 is 0 Å². The number of carbonyl (C=O) groups is 1. The van der Waals surface area contributed by atoms with Crippen molar-refractivity contribution in [1.82, 2.24) is 9.47 Å². The summed E-state index contributed by atoms with van der Waals surface area (Å²) in [5.41, 5.74) is 5.18. The maximum Gasteiger partial charge on any atom is 0.248 e. The lowest BCUT2D eigenvalue weighted by molar-refractivity contribution is -0.136. The molecule has 1 amide bonds. The standard InChI is InChI=1S/C21H22N2O2/c1-25-15-21(24)22-12-11-20-18(14-22)17-9-5-6-10-19(17)23(20)13-16-7-3-2-4-8-16/h2-10H,11-15H2,1H3. The Bertz CT molecular complexity index is 899. The van der Waals surface area contributed by atoms with Crippen LogP contribution >= 0.6 is 0 Å². The van der Waals surface area contributed by atoms with Crippen LogP contribution in [-0.4, -0.2) is 35.6 Å². The van der Waals surface area contributed by atoms with E-state index in [0.717, 1.165) is 19.5 Å². The largest absolute Gasteiger partial charge is 0.375 e. The third-order valence-electron chi connectivity index (χ3n) is 4.97. The Hall–Kier alpha value is -2.59. The fourth-order valence-corrected chi connectivity index (χ4v) is 3.78. The molecule has 128 valence electrons. The van der Waals surface area contributed by atoms with E-state index in [1.165, 1.54) is 27.7 Å². The first-order valence-electron chi connectivity index (χ1n) is 8.67. The third kappa shape index (κ3) is 2.94. The Balaban J connectivity index is 1.75. The molecular formula is C21H22N2O2. The summed E-state index contributed by atoms with van der Waals surface area (Å²) in [7, 11) is 1.57. The zero-order valence-electron chi connectivity index (χ0n) is 14.4. The highest BCUT2D eigenvalue weighted by atomic mass is 16.5. The van der Waals surface area contributed by atoms with Gasteiger partial charge in [0.15, 0.2) is 0 Å². The topological polar surface area (TPSA) is 34.5 Å². The van der Waals surface area contributed by atoms with Crippen molar-refractivity contribution in [3.8, 4) is 0 Å². The fraction of sp³-hybridized carbons (Fsp3) is 0.286. The number of amides is 1. The van der Waals surface area contributed by atoms with Crippen LogP contribution in [0, 0.1) is 0 Å². The number of para-hydroxylation sites is 1. The summed E-state index contributed by atoms with van der Waals surface area (Å²) in [6.45, 7) is 2.43. The lowest BCUT2D eigenvalue weighted by Crippen LogP contribution is -2.38. The smallest absolute Gasteiger partial charge is 0.248 e. The molecular weight excluding hydrogens is 312 g/mol. The number of hydrogen-bond donors (Lipinski definition) is 0. The lowest BCUT2D eigenvalue weighted by Gasteiger charge is -2.28. The van der Waals surface area contributed by atoms with Crippen molar-refractivity contribution < 1.29 is 9.53 Å². The van der Waals surface area contributed by atoms with Crippen LogP contribution < -0.4 is 0 Å². The van der Waals surface area contributed by atoms with Crippen molar-refractivity contribution in [2.45, 2.75) is 19.5 Å². The van der Waals surface area contributed by atoms with Gasteiger partial charge in [-0.15, -0.1) is 0 Å². The lowest BCUT2D eigenvalue weighted by atomic mass is 10.0. The van der Waals surface area contributed by atoms with Crippen molar-refractivity contribution >= 4 is 16.8 Å². The second kappa shape index (κ2) is 6.73. The van der Waals surface area contributed by atoms with Crippen molar-refractivity contribution in [2.24, 2.45) is 0 Å². The zero-order valence-corrected chi connectivity index (χ0v) is 14.4. The van der Waals surface area contributed by atoms with Crippen molar-refractivity contribution in [1.29, 1.82) is 0 Å². The summed E-state index contributed by atoms with van der Waals surface area (Å²) in [5, 5.41) is 1.25. The Morgan fingerprint density at radius 1 is 1.08 bits per heavy atom. The second-order valence-corrected chi connectivity index (χ2v) is 6.51. The van der Waals surface area contributed by atoms with E-state index in [0.29, 0.717) is 6.54 Å². The van der Waals surface area contributed by atoms with E-state index in [4.69, 9.17) is 4.74 Å². The maximum absolute atomic E-state index is 12.2. The van der Waals surface area contributed by atoms with Gasteiger partial charge in [-0.05, 0) is 11.6 Å². The first kappa shape index (κ1) is 15.9. The van der Waals surface area contributed by atoms with Crippen LogP contribution in [0.5, 0.6) is 0 Å². The van der Waals surface area contributed by atoms with Gasteiger partial charge in [0.1, 0.15) is 6.61 Å². The van der Waals surface area contributed by atoms with Gasteiger partial charge in [0.2, 0.25) is 5.91 Å². The molecule has 2 heterocycles. The highest BCUT2D eigenvalue weighted by Crippen LogP contribution is 2.31. The minimum Gasteiger partial charge on any atom is -0.375 e. The molecule has 2 aromatic carbocycles. The molecule has 0 radical (unpaired) electrons. The minimum atomic E-state index is 0.0630. The van der Waals surface area contributed by atoms with Crippen LogP contribution in [0.2, 0.25) is 0 Å². The molecule has 0 saturated carbocycles. The SMILES string of the molecule is COCC(=O)N1CCc2c(c3ccccc3n2Cc2ccccc2)C1. The summed E-state index contributed by atoms with van der Waals surface area (Å²) in [6.07, 6.45) is 0.881. The molecule has 25 heavy (non-hydrogen) atoms. The van der Waals surface area contributed by atoms with E-state index in [2.05, 4.69) is 53.1 Å². The first-order chi connectivity index (χ1) is 12.3. The summed E-state index contributed by atoms with van der Waals surface area (Å²) in [5.74, 6) is 0.0630. The fourth-order valence-electron chi connectivity index (χ4n) is 3.78. The van der Waals surface area contributed by atoms with E-state index in [-0.39, 0.29) is 12.5 Å². The molecule has 0 spiro atoms. The van der Waals surface area contributed by atoms with Crippen LogP contribution in [0.3, 0.4) is 0 Å². The van der Waals surface area contributed by atoms with Crippen LogP contribution in [0.25, 0.3) is 10.9 Å². The van der Waals surface area contributed by atoms with Gasteiger partial charge >= 0.3 is 0 Å². The number of fused-ring (bicyclic) bond motifs is 3. The van der Waals surface area contributed by atoms with Gasteiger partial charge in [0.25, 0.3) is 0 Å². The number of rotatable bonds is 4. The monoisotopic (exact) mass is 334 g/mol. The highest BCUT2D eigenvalue weighted by molar-refractivity contribution is 5.87. The van der Waals surface area contributed by atoms with Crippen molar-refractivity contribution in [3.05, 3.63) is 71.4 Å². The number of hydrogen-bond acceptors (Lipinski definition) is 2. The van der Waals surface area contributed by atoms with Crippen LogP contribution in [0.4, 0.5) is 0 Å². The Kier molecular flexibility index (Phi) is 4.28. The molecule has 0 bridgehead atoms. The van der Waals surface area contributed by atoms with Crippen LogP contribution in [-0.2, 0) is 29.0 Å². The Labute approximate surface area is 147 Å². The predicted octanol–water partition coefficient (Wildman–Crippen LogP) is 3.22. The van der Waals surface area contributed by atoms with Gasteiger partial charge in [-0.3, -0.25) is 4.79 Å². The number of aromatic nitrogens is 1. The van der Waals surface area contributed by atoms with Crippen LogP contribution in [0.1, 0.15) is 16.8 Å². The number of benzene rings is 2. The van der Waals surface area contributed by atoms with E-state index in [1.54, 1.807) is 7.11 Å². The zero-order chi connectivity index (χ0) is 17.2. The molecule has 0 aliphatic carbocycles. The molecule has 0 N–H and O–H groups in total. The normalized spacial score (nSPS) is 13.9. The van der Waals surface area contributed by atoms with Gasteiger partial charge in [0, 0.05) is 55.3 Å². The third-order valence-corrected chi connectivity index (χ3v) is 4.97. The van der Waals surface area contributed by atoms with Gasteiger partial charge in [-0.25, -0.2) is 0 Å². The van der Waals surface area contributed by atoms with E-state index in [9.17, 15) is 4.79 Å². The summed E-state index contributed by atoms with van der Waals surface area (Å²) < 4.78 is 7.43. The predicted molar refractivity (Wildman–Crippen MR) is 98.5 cm³/mol. The molecule has 4 heteroatoms. The molecule has 0 atom stereocenters. The first-order valence-corrected chi connectivity index (χ1v) is 8.67. The number of ether oxygens (including phenoxy) is 1. The summed E-state index contributed by atoms with van der Waals surface area (Å²) in [4.78, 5) is 14.1. The highest BCUT2D eigenvalue weighted by Gasteiger charge is 2.26. The molecule has 1 aliphatic heterocycles. The second-order valence-electron chi connectivity index (χ2n) is 6.51. The molecule has 1 aromatic heterocycles.